The Labute approximate surface area is 131 Å². The zero-order valence-corrected chi connectivity index (χ0v) is 12.6. The topological polar surface area (TPSA) is 63.4 Å². The SMILES string of the molecule is C/C(=C\C(=O)N1CCC[C@H]1C(N)=O)c1ccccc1C(F)(F)F. The summed E-state index contributed by atoms with van der Waals surface area (Å²) in [5.41, 5.74) is 4.59. The van der Waals surface area contributed by atoms with Gasteiger partial charge in [-0.05, 0) is 37.0 Å². The van der Waals surface area contributed by atoms with Gasteiger partial charge in [-0.1, -0.05) is 18.2 Å². The van der Waals surface area contributed by atoms with Gasteiger partial charge in [0.2, 0.25) is 11.8 Å². The number of halogens is 3. The van der Waals surface area contributed by atoms with Crippen LogP contribution in [0.15, 0.2) is 30.3 Å². The fraction of sp³-hybridized carbons (Fsp3) is 0.375. The molecule has 1 aromatic rings. The Morgan fingerprint density at radius 2 is 1.96 bits per heavy atom. The van der Waals surface area contributed by atoms with Crippen LogP contribution in [0.1, 0.15) is 30.9 Å². The standard InChI is InChI=1S/C16H17F3N2O2/c1-10(11-5-2-3-6-12(11)16(17,18)19)9-14(22)21-8-4-7-13(21)15(20)23/h2-3,5-6,9,13H,4,7-8H2,1H3,(H2,20,23)/b10-9+/t13-/m0/s1. The van der Waals surface area contributed by atoms with Crippen LogP contribution < -0.4 is 5.73 Å². The highest BCUT2D eigenvalue weighted by Gasteiger charge is 2.34. The summed E-state index contributed by atoms with van der Waals surface area (Å²) in [5.74, 6) is -1.10. The van der Waals surface area contributed by atoms with Crippen LogP contribution in [0.5, 0.6) is 0 Å². The highest BCUT2D eigenvalue weighted by molar-refractivity contribution is 5.98. The summed E-state index contributed by atoms with van der Waals surface area (Å²) < 4.78 is 39.1. The molecular weight excluding hydrogens is 309 g/mol. The first-order valence-electron chi connectivity index (χ1n) is 7.16. The van der Waals surface area contributed by atoms with Crippen molar-refractivity contribution in [3.63, 3.8) is 0 Å². The third-order valence-corrected chi connectivity index (χ3v) is 3.86. The summed E-state index contributed by atoms with van der Waals surface area (Å²) in [4.78, 5) is 24.9. The minimum atomic E-state index is -4.50. The van der Waals surface area contributed by atoms with Crippen LogP contribution in [0.4, 0.5) is 13.2 Å². The molecular formula is C16H17F3N2O2. The van der Waals surface area contributed by atoms with Gasteiger partial charge < -0.3 is 10.6 Å². The van der Waals surface area contributed by atoms with Crippen molar-refractivity contribution in [2.24, 2.45) is 5.73 Å². The van der Waals surface area contributed by atoms with E-state index in [0.29, 0.717) is 19.4 Å². The Kier molecular flexibility index (Phi) is 4.77. The number of benzene rings is 1. The lowest BCUT2D eigenvalue weighted by molar-refractivity contribution is -0.137. The number of primary amides is 1. The third-order valence-electron chi connectivity index (χ3n) is 3.86. The zero-order chi connectivity index (χ0) is 17.2. The van der Waals surface area contributed by atoms with E-state index in [0.717, 1.165) is 12.1 Å². The predicted octanol–water partition coefficient (Wildman–Crippen LogP) is 2.59. The summed E-state index contributed by atoms with van der Waals surface area (Å²) in [6.45, 7) is 1.81. The largest absolute Gasteiger partial charge is 0.416 e. The summed E-state index contributed by atoms with van der Waals surface area (Å²) in [5, 5.41) is 0. The fourth-order valence-corrected chi connectivity index (χ4v) is 2.75. The molecule has 0 spiro atoms. The van der Waals surface area contributed by atoms with Crippen LogP contribution in [0.2, 0.25) is 0 Å². The molecule has 0 radical (unpaired) electrons. The second kappa shape index (κ2) is 6.44. The van der Waals surface area contributed by atoms with Crippen LogP contribution in [0, 0.1) is 0 Å². The van der Waals surface area contributed by atoms with E-state index in [2.05, 4.69) is 0 Å². The molecule has 0 unspecified atom stereocenters. The second-order valence-electron chi connectivity index (χ2n) is 5.46. The lowest BCUT2D eigenvalue weighted by Crippen LogP contribution is -2.43. The minimum Gasteiger partial charge on any atom is -0.368 e. The molecule has 0 bridgehead atoms. The molecule has 23 heavy (non-hydrogen) atoms. The van der Waals surface area contributed by atoms with Crippen molar-refractivity contribution in [2.45, 2.75) is 32.0 Å². The van der Waals surface area contributed by atoms with Gasteiger partial charge in [0, 0.05) is 12.6 Å². The second-order valence-corrected chi connectivity index (χ2v) is 5.46. The molecule has 124 valence electrons. The molecule has 1 aliphatic heterocycles. The maximum absolute atomic E-state index is 13.0. The van der Waals surface area contributed by atoms with Gasteiger partial charge >= 0.3 is 6.18 Å². The van der Waals surface area contributed by atoms with E-state index in [1.165, 1.54) is 30.0 Å². The van der Waals surface area contributed by atoms with Crippen molar-refractivity contribution < 1.29 is 22.8 Å². The van der Waals surface area contributed by atoms with Crippen molar-refractivity contribution in [3.8, 4) is 0 Å². The molecule has 0 aromatic heterocycles. The highest BCUT2D eigenvalue weighted by atomic mass is 19.4. The minimum absolute atomic E-state index is 0.0526. The summed E-state index contributed by atoms with van der Waals surface area (Å²) >= 11 is 0. The van der Waals surface area contributed by atoms with Gasteiger partial charge in [0.1, 0.15) is 6.04 Å². The van der Waals surface area contributed by atoms with E-state index in [-0.39, 0.29) is 11.1 Å². The molecule has 1 aliphatic rings. The number of amides is 2. The summed E-state index contributed by atoms with van der Waals surface area (Å²) in [7, 11) is 0. The maximum atomic E-state index is 13.0. The molecule has 1 atom stereocenters. The van der Waals surface area contributed by atoms with E-state index in [1.807, 2.05) is 0 Å². The van der Waals surface area contributed by atoms with Crippen LogP contribution >= 0.6 is 0 Å². The van der Waals surface area contributed by atoms with Gasteiger partial charge in [-0.15, -0.1) is 0 Å². The van der Waals surface area contributed by atoms with E-state index < -0.39 is 29.6 Å². The number of alkyl halides is 3. The highest BCUT2D eigenvalue weighted by Crippen LogP contribution is 2.34. The van der Waals surface area contributed by atoms with E-state index in [1.54, 1.807) is 0 Å². The lowest BCUT2D eigenvalue weighted by Gasteiger charge is -2.21. The molecule has 1 aromatic carbocycles. The molecule has 7 heteroatoms. The van der Waals surface area contributed by atoms with Gasteiger partial charge in [-0.2, -0.15) is 13.2 Å². The van der Waals surface area contributed by atoms with E-state index in [9.17, 15) is 22.8 Å². The first kappa shape index (κ1) is 17.1. The number of carbonyl (C=O) groups is 2. The van der Waals surface area contributed by atoms with Crippen molar-refractivity contribution in [1.82, 2.24) is 4.90 Å². The van der Waals surface area contributed by atoms with Crippen molar-refractivity contribution in [3.05, 3.63) is 41.5 Å². The monoisotopic (exact) mass is 326 g/mol. The van der Waals surface area contributed by atoms with Crippen LogP contribution in [-0.4, -0.2) is 29.3 Å². The van der Waals surface area contributed by atoms with Crippen LogP contribution in [0.25, 0.3) is 5.57 Å². The Balaban J connectivity index is 2.30. The third kappa shape index (κ3) is 3.72. The molecule has 4 nitrogen and oxygen atoms in total. The molecule has 2 rings (SSSR count). The summed E-state index contributed by atoms with van der Waals surface area (Å²) in [6.07, 6.45) is -2.25. The van der Waals surface area contributed by atoms with E-state index >= 15 is 0 Å². The zero-order valence-electron chi connectivity index (χ0n) is 12.6. The predicted molar refractivity (Wildman–Crippen MR) is 79.0 cm³/mol. The molecule has 0 saturated carbocycles. The number of likely N-dealkylation sites (tertiary alicyclic amines) is 1. The Morgan fingerprint density at radius 3 is 2.57 bits per heavy atom. The fourth-order valence-electron chi connectivity index (χ4n) is 2.75. The quantitative estimate of drug-likeness (QED) is 0.868. The lowest BCUT2D eigenvalue weighted by atomic mass is 10.00. The average Bonchev–Trinajstić information content (AvgIpc) is 2.96. The smallest absolute Gasteiger partial charge is 0.368 e. The number of hydrogen-bond donors (Lipinski definition) is 1. The Bertz CT molecular complexity index is 653. The molecule has 2 N–H and O–H groups in total. The number of rotatable bonds is 3. The summed E-state index contributed by atoms with van der Waals surface area (Å²) in [6, 6.07) is 4.38. The van der Waals surface area contributed by atoms with Gasteiger partial charge in [0.25, 0.3) is 0 Å². The number of hydrogen-bond acceptors (Lipinski definition) is 2. The van der Waals surface area contributed by atoms with Crippen molar-refractivity contribution in [1.29, 1.82) is 0 Å². The van der Waals surface area contributed by atoms with Gasteiger partial charge in [-0.3, -0.25) is 9.59 Å². The van der Waals surface area contributed by atoms with Crippen LogP contribution in [0.3, 0.4) is 0 Å². The number of nitrogens with zero attached hydrogens (tertiary/aromatic N) is 1. The van der Waals surface area contributed by atoms with Gasteiger partial charge in [0.15, 0.2) is 0 Å². The van der Waals surface area contributed by atoms with E-state index in [4.69, 9.17) is 5.73 Å². The van der Waals surface area contributed by atoms with Crippen molar-refractivity contribution >= 4 is 17.4 Å². The average molecular weight is 326 g/mol. The first-order valence-corrected chi connectivity index (χ1v) is 7.16. The van der Waals surface area contributed by atoms with Gasteiger partial charge in [-0.25, -0.2) is 0 Å². The molecule has 1 fully saturated rings. The maximum Gasteiger partial charge on any atom is 0.416 e. The number of allylic oxidation sites excluding steroid dienone is 1. The van der Waals surface area contributed by atoms with Gasteiger partial charge in [0.05, 0.1) is 5.56 Å². The molecule has 1 saturated heterocycles. The molecule has 0 aliphatic carbocycles. The molecule has 1 heterocycles. The first-order chi connectivity index (χ1) is 10.7. The normalized spacial score (nSPS) is 19.0. The number of nitrogens with two attached hydrogens (primary N) is 1. The Hall–Kier alpha value is -2.31. The Morgan fingerprint density at radius 1 is 1.30 bits per heavy atom. The van der Waals surface area contributed by atoms with Crippen LogP contribution in [-0.2, 0) is 15.8 Å². The number of carbonyl (C=O) groups excluding carboxylic acids is 2. The van der Waals surface area contributed by atoms with Crippen molar-refractivity contribution in [2.75, 3.05) is 6.54 Å². The molecule has 2 amide bonds.